The molecular weight excluding hydrogens is 444 g/mol. The van der Waals surface area contributed by atoms with Gasteiger partial charge < -0.3 is 9.63 Å². The Morgan fingerprint density at radius 1 is 1.03 bits per heavy atom. The maximum absolute atomic E-state index is 12.1. The number of hydrogen-bond donors (Lipinski definition) is 2. The van der Waals surface area contributed by atoms with Crippen LogP contribution in [0.2, 0.25) is 0 Å². The van der Waals surface area contributed by atoms with Gasteiger partial charge in [0.1, 0.15) is 5.82 Å². The Hall–Kier alpha value is -4.46. The highest BCUT2D eigenvalue weighted by Gasteiger charge is 2.20. The molecule has 35 heavy (non-hydrogen) atoms. The lowest BCUT2D eigenvalue weighted by molar-refractivity contribution is 0.0698. The van der Waals surface area contributed by atoms with Gasteiger partial charge in [-0.2, -0.15) is 10.1 Å². The molecule has 0 saturated carbocycles. The first-order valence-electron chi connectivity index (χ1n) is 11.5. The van der Waals surface area contributed by atoms with E-state index in [0.717, 1.165) is 53.0 Å². The van der Waals surface area contributed by atoms with Crippen molar-refractivity contribution in [1.82, 2.24) is 19.7 Å². The Morgan fingerprint density at radius 3 is 2.43 bits per heavy atom. The van der Waals surface area contributed by atoms with Gasteiger partial charge in [-0.25, -0.2) is 14.6 Å². The topological polar surface area (TPSA) is 114 Å². The monoisotopic (exact) mass is 468 g/mol. The average molecular weight is 469 g/mol. The first-order valence-corrected chi connectivity index (χ1v) is 11.5. The van der Waals surface area contributed by atoms with Crippen LogP contribution >= 0.6 is 0 Å². The van der Waals surface area contributed by atoms with E-state index in [2.05, 4.69) is 17.1 Å². The predicted molar refractivity (Wildman–Crippen MR) is 133 cm³/mol. The van der Waals surface area contributed by atoms with Gasteiger partial charge in [-0.3, -0.25) is 4.57 Å². The van der Waals surface area contributed by atoms with Gasteiger partial charge in [0, 0.05) is 17.7 Å². The van der Waals surface area contributed by atoms with E-state index >= 15 is 0 Å². The lowest BCUT2D eigenvalue weighted by atomic mass is 9.99. The summed E-state index contributed by atoms with van der Waals surface area (Å²) in [6, 6.07) is 18.9. The van der Waals surface area contributed by atoms with Gasteiger partial charge in [-0.15, -0.1) is 0 Å². The van der Waals surface area contributed by atoms with E-state index in [-0.39, 0.29) is 5.56 Å². The number of rotatable bonds is 7. The quantitative estimate of drug-likeness (QED) is 0.331. The Bertz CT molecular complexity index is 1590. The van der Waals surface area contributed by atoms with Gasteiger partial charge in [0.2, 0.25) is 0 Å². The number of carboxylic acid groups (broad SMARTS) is 1. The largest absolute Gasteiger partial charge is 0.478 e. The number of nitrogens with zero attached hydrogens (tertiary/aromatic N) is 3. The molecule has 0 aliphatic carbocycles. The number of hydrogen-bond acceptors (Lipinski definition) is 5. The number of aromatic amines is 1. The maximum atomic E-state index is 12.1. The molecule has 8 nitrogen and oxygen atoms in total. The van der Waals surface area contributed by atoms with Crippen LogP contribution in [0.1, 0.15) is 41.5 Å². The molecule has 0 atom stereocenters. The summed E-state index contributed by atoms with van der Waals surface area (Å²) in [4.78, 5) is 32.2. The third-order valence-corrected chi connectivity index (χ3v) is 6.12. The number of aryl methyl sites for hydroxylation is 2. The van der Waals surface area contributed by atoms with Gasteiger partial charge in [0.15, 0.2) is 5.82 Å². The molecule has 0 radical (unpaired) electrons. The summed E-state index contributed by atoms with van der Waals surface area (Å²) in [5.41, 5.74) is 5.86. The number of aromatic nitrogens is 4. The number of H-pyrrole nitrogens is 1. The highest BCUT2D eigenvalue weighted by Crippen LogP contribution is 2.32. The molecule has 0 fully saturated rings. The number of aromatic carboxylic acids is 1. The Balaban J connectivity index is 1.66. The summed E-state index contributed by atoms with van der Waals surface area (Å²) < 4.78 is 6.72. The van der Waals surface area contributed by atoms with E-state index in [1.54, 1.807) is 12.1 Å². The second kappa shape index (κ2) is 9.06. The zero-order valence-corrected chi connectivity index (χ0v) is 19.4. The number of benzene rings is 3. The molecule has 0 aliphatic rings. The van der Waals surface area contributed by atoms with Crippen LogP contribution in [0.15, 0.2) is 70.0 Å². The second-order valence-corrected chi connectivity index (χ2v) is 8.42. The lowest BCUT2D eigenvalue weighted by Gasteiger charge is -2.13. The molecule has 0 spiro atoms. The van der Waals surface area contributed by atoms with Gasteiger partial charge in [-0.05, 0) is 48.2 Å². The maximum Gasteiger partial charge on any atom is 0.460 e. The SMILES string of the molecule is CCCCc1nc2c(C)ccc(C(=O)O)c2n1-c1ccc(-c2ccccc2-c2nc(=O)o[nH]2)cc1. The number of nitrogens with one attached hydrogen (secondary N) is 1. The van der Waals surface area contributed by atoms with Crippen molar-refractivity contribution in [3.63, 3.8) is 0 Å². The Labute approximate surface area is 200 Å². The molecule has 0 bridgehead atoms. The molecule has 5 aromatic rings. The summed E-state index contributed by atoms with van der Waals surface area (Å²) in [5, 5.41) is 12.5. The average Bonchev–Trinajstić information content (AvgIpc) is 3.47. The van der Waals surface area contributed by atoms with Crippen LogP contribution in [0, 0.1) is 6.92 Å². The number of imidazole rings is 1. The molecule has 2 heterocycles. The van der Waals surface area contributed by atoms with Gasteiger partial charge in [0.05, 0.1) is 16.6 Å². The molecular formula is C27H24N4O4. The molecule has 8 heteroatoms. The molecule has 0 saturated heterocycles. The molecule has 2 aromatic heterocycles. The first kappa shape index (κ1) is 22.3. The van der Waals surface area contributed by atoms with Crippen LogP contribution in [0.5, 0.6) is 0 Å². The Kier molecular flexibility index (Phi) is 5.78. The summed E-state index contributed by atoms with van der Waals surface area (Å²) in [7, 11) is 0. The van der Waals surface area contributed by atoms with Crippen molar-refractivity contribution in [2.45, 2.75) is 33.1 Å². The van der Waals surface area contributed by atoms with E-state index < -0.39 is 11.7 Å². The zero-order chi connectivity index (χ0) is 24.5. The van der Waals surface area contributed by atoms with E-state index in [0.29, 0.717) is 16.9 Å². The lowest BCUT2D eigenvalue weighted by Crippen LogP contribution is -2.05. The predicted octanol–water partition coefficient (Wildman–Crippen LogP) is 5.39. The fourth-order valence-corrected chi connectivity index (χ4v) is 4.38. The van der Waals surface area contributed by atoms with Crippen LogP contribution in [-0.4, -0.2) is 30.8 Å². The fraction of sp³-hybridized carbons (Fsp3) is 0.185. The molecule has 0 amide bonds. The van der Waals surface area contributed by atoms with Crippen molar-refractivity contribution in [2.24, 2.45) is 0 Å². The standard InChI is InChI=1S/C27H24N4O4/c1-3-4-9-22-28-23-16(2)10-15-21(26(32)33)24(23)31(22)18-13-11-17(12-14-18)19-7-5-6-8-20(19)25-29-27(34)35-30-25/h5-8,10-15H,3-4,9H2,1-2H3,(H,32,33)(H,29,30,34). The molecule has 176 valence electrons. The Morgan fingerprint density at radius 2 is 1.77 bits per heavy atom. The fourth-order valence-electron chi connectivity index (χ4n) is 4.38. The van der Waals surface area contributed by atoms with Crippen LogP contribution in [0.4, 0.5) is 0 Å². The molecule has 5 rings (SSSR count). The minimum Gasteiger partial charge on any atom is -0.478 e. The minimum absolute atomic E-state index is 0.227. The second-order valence-electron chi connectivity index (χ2n) is 8.42. The van der Waals surface area contributed by atoms with Crippen molar-refractivity contribution < 1.29 is 14.4 Å². The van der Waals surface area contributed by atoms with Crippen LogP contribution in [-0.2, 0) is 6.42 Å². The van der Waals surface area contributed by atoms with E-state index in [1.807, 2.05) is 60.0 Å². The van der Waals surface area contributed by atoms with Gasteiger partial charge >= 0.3 is 11.7 Å². The zero-order valence-electron chi connectivity index (χ0n) is 19.4. The van der Waals surface area contributed by atoms with Crippen molar-refractivity contribution in [3.8, 4) is 28.2 Å². The number of carboxylic acids is 1. The van der Waals surface area contributed by atoms with E-state index in [9.17, 15) is 14.7 Å². The van der Waals surface area contributed by atoms with E-state index in [1.165, 1.54) is 0 Å². The van der Waals surface area contributed by atoms with Crippen LogP contribution < -0.4 is 5.76 Å². The van der Waals surface area contributed by atoms with Crippen molar-refractivity contribution in [1.29, 1.82) is 0 Å². The van der Waals surface area contributed by atoms with Crippen molar-refractivity contribution in [2.75, 3.05) is 0 Å². The van der Waals surface area contributed by atoms with Gasteiger partial charge in [-0.1, -0.05) is 55.8 Å². The van der Waals surface area contributed by atoms with Crippen molar-refractivity contribution >= 4 is 17.0 Å². The highest BCUT2D eigenvalue weighted by atomic mass is 16.5. The smallest absolute Gasteiger partial charge is 0.460 e. The summed E-state index contributed by atoms with van der Waals surface area (Å²) in [6.07, 6.45) is 2.70. The third-order valence-electron chi connectivity index (χ3n) is 6.12. The summed E-state index contributed by atoms with van der Waals surface area (Å²) >= 11 is 0. The van der Waals surface area contributed by atoms with E-state index in [4.69, 9.17) is 9.51 Å². The third kappa shape index (κ3) is 4.03. The molecule has 3 aromatic carbocycles. The van der Waals surface area contributed by atoms with Crippen LogP contribution in [0.3, 0.4) is 0 Å². The molecule has 0 aliphatic heterocycles. The number of unbranched alkanes of at least 4 members (excludes halogenated alkanes) is 1. The normalized spacial score (nSPS) is 11.3. The molecule has 2 N–H and O–H groups in total. The first-order chi connectivity index (χ1) is 17.0. The number of fused-ring (bicyclic) bond motifs is 1. The van der Waals surface area contributed by atoms with Crippen molar-refractivity contribution in [3.05, 3.63) is 88.2 Å². The summed E-state index contributed by atoms with van der Waals surface area (Å²) in [6.45, 7) is 4.07. The summed E-state index contributed by atoms with van der Waals surface area (Å²) in [5.74, 6) is -0.461. The number of carbonyl (C=O) groups is 1. The molecule has 0 unspecified atom stereocenters. The highest BCUT2D eigenvalue weighted by molar-refractivity contribution is 6.03. The minimum atomic E-state index is -0.981. The van der Waals surface area contributed by atoms with Gasteiger partial charge in [0.25, 0.3) is 0 Å². The van der Waals surface area contributed by atoms with Crippen LogP contribution in [0.25, 0.3) is 39.2 Å².